The van der Waals surface area contributed by atoms with Gasteiger partial charge >= 0.3 is 0 Å². The fourth-order valence-corrected chi connectivity index (χ4v) is 3.65. The molecule has 23 heavy (non-hydrogen) atoms. The Morgan fingerprint density at radius 3 is 2.78 bits per heavy atom. The minimum atomic E-state index is -0.502. The molecule has 0 spiro atoms. The number of benzene rings is 1. The van der Waals surface area contributed by atoms with Crippen LogP contribution in [0.25, 0.3) is 0 Å². The Labute approximate surface area is 136 Å². The molecule has 2 amide bonds. The van der Waals surface area contributed by atoms with Crippen LogP contribution in [-0.4, -0.2) is 35.8 Å². The van der Waals surface area contributed by atoms with Gasteiger partial charge in [0.05, 0.1) is 5.56 Å². The average molecular weight is 318 g/mol. The van der Waals surface area contributed by atoms with E-state index in [4.69, 9.17) is 0 Å². The first-order chi connectivity index (χ1) is 11.0. The smallest absolute Gasteiger partial charge is 0.254 e. The van der Waals surface area contributed by atoms with Gasteiger partial charge in [-0.25, -0.2) is 4.39 Å². The van der Waals surface area contributed by atoms with E-state index in [0.717, 1.165) is 18.4 Å². The van der Waals surface area contributed by atoms with Gasteiger partial charge in [0.1, 0.15) is 5.82 Å². The number of likely N-dealkylation sites (tertiary alicyclic amines) is 1. The van der Waals surface area contributed by atoms with Crippen molar-refractivity contribution in [3.8, 4) is 0 Å². The molecule has 5 heteroatoms. The standard InChI is InChI=1S/C18H23FN2O2/c1-12-6-7-15(16(19)8-12)18(23)20-10-13-9-17(22)21(11-13)14-4-2-3-5-14/h6-8,13-14H,2-5,9-11H2,1H3,(H,20,23). The number of nitrogens with zero attached hydrogens (tertiary/aromatic N) is 1. The van der Waals surface area contributed by atoms with Crippen molar-refractivity contribution in [3.05, 3.63) is 35.1 Å². The van der Waals surface area contributed by atoms with Crippen molar-refractivity contribution in [2.75, 3.05) is 13.1 Å². The minimum Gasteiger partial charge on any atom is -0.352 e. The first-order valence-electron chi connectivity index (χ1n) is 8.38. The van der Waals surface area contributed by atoms with Gasteiger partial charge in [-0.3, -0.25) is 9.59 Å². The molecule has 1 heterocycles. The lowest BCUT2D eigenvalue weighted by molar-refractivity contribution is -0.129. The molecule has 2 fully saturated rings. The van der Waals surface area contributed by atoms with E-state index in [1.54, 1.807) is 13.0 Å². The third kappa shape index (κ3) is 3.54. The van der Waals surface area contributed by atoms with Gasteiger partial charge in [0.25, 0.3) is 5.91 Å². The number of carbonyl (C=O) groups is 2. The van der Waals surface area contributed by atoms with Crippen molar-refractivity contribution < 1.29 is 14.0 Å². The van der Waals surface area contributed by atoms with Crippen LogP contribution >= 0.6 is 0 Å². The molecule has 2 aliphatic rings. The zero-order valence-corrected chi connectivity index (χ0v) is 13.5. The summed E-state index contributed by atoms with van der Waals surface area (Å²) in [5, 5.41) is 2.78. The molecule has 3 rings (SSSR count). The van der Waals surface area contributed by atoms with Crippen LogP contribution in [-0.2, 0) is 4.79 Å². The minimum absolute atomic E-state index is 0.0626. The molecule has 4 nitrogen and oxygen atoms in total. The van der Waals surface area contributed by atoms with Crippen LogP contribution < -0.4 is 5.32 Å². The quantitative estimate of drug-likeness (QED) is 0.928. The Balaban J connectivity index is 1.54. The highest BCUT2D eigenvalue weighted by atomic mass is 19.1. The zero-order chi connectivity index (χ0) is 16.4. The van der Waals surface area contributed by atoms with E-state index in [0.29, 0.717) is 25.6 Å². The summed E-state index contributed by atoms with van der Waals surface area (Å²) in [6, 6.07) is 4.97. The van der Waals surface area contributed by atoms with Crippen LogP contribution in [0.1, 0.15) is 48.0 Å². The van der Waals surface area contributed by atoms with Crippen molar-refractivity contribution in [2.24, 2.45) is 5.92 Å². The molecule has 0 bridgehead atoms. The lowest BCUT2D eigenvalue weighted by atomic mass is 10.1. The lowest BCUT2D eigenvalue weighted by Gasteiger charge is -2.24. The summed E-state index contributed by atoms with van der Waals surface area (Å²) in [5.74, 6) is -0.593. The van der Waals surface area contributed by atoms with Crippen LogP contribution in [0.3, 0.4) is 0 Å². The molecule has 1 aromatic rings. The molecule has 124 valence electrons. The second-order valence-electron chi connectivity index (χ2n) is 6.75. The second-order valence-corrected chi connectivity index (χ2v) is 6.75. The van der Waals surface area contributed by atoms with Gasteiger partial charge in [0, 0.05) is 31.5 Å². The van der Waals surface area contributed by atoms with Crippen molar-refractivity contribution >= 4 is 11.8 Å². The Morgan fingerprint density at radius 2 is 2.09 bits per heavy atom. The molecule has 0 aromatic heterocycles. The summed E-state index contributed by atoms with van der Waals surface area (Å²) >= 11 is 0. The molecule has 1 N–H and O–H groups in total. The number of rotatable bonds is 4. The normalized spacial score (nSPS) is 21.9. The van der Waals surface area contributed by atoms with Gasteiger partial charge in [-0.15, -0.1) is 0 Å². The largest absolute Gasteiger partial charge is 0.352 e. The predicted molar refractivity (Wildman–Crippen MR) is 85.5 cm³/mol. The molecule has 0 radical (unpaired) electrons. The predicted octanol–water partition coefficient (Wildman–Crippen LogP) is 2.66. The molecular formula is C18H23FN2O2. The van der Waals surface area contributed by atoms with Gasteiger partial charge in [-0.05, 0) is 37.5 Å². The van der Waals surface area contributed by atoms with E-state index in [1.165, 1.54) is 25.0 Å². The van der Waals surface area contributed by atoms with E-state index >= 15 is 0 Å². The van der Waals surface area contributed by atoms with E-state index in [1.807, 2.05) is 4.90 Å². The lowest BCUT2D eigenvalue weighted by Crippen LogP contribution is -2.36. The van der Waals surface area contributed by atoms with Crippen LogP contribution in [0.5, 0.6) is 0 Å². The fraction of sp³-hybridized carbons (Fsp3) is 0.556. The zero-order valence-electron chi connectivity index (χ0n) is 13.5. The monoisotopic (exact) mass is 318 g/mol. The van der Waals surface area contributed by atoms with Crippen molar-refractivity contribution in [1.29, 1.82) is 0 Å². The molecule has 1 saturated carbocycles. The van der Waals surface area contributed by atoms with E-state index in [9.17, 15) is 14.0 Å². The molecule has 1 aliphatic heterocycles. The van der Waals surface area contributed by atoms with Crippen LogP contribution in [0.15, 0.2) is 18.2 Å². The van der Waals surface area contributed by atoms with Crippen LogP contribution in [0, 0.1) is 18.7 Å². The molecule has 1 aliphatic carbocycles. The summed E-state index contributed by atoms with van der Waals surface area (Å²) in [7, 11) is 0. The second kappa shape index (κ2) is 6.69. The molecule has 1 atom stereocenters. The van der Waals surface area contributed by atoms with Gasteiger partial charge in [-0.2, -0.15) is 0 Å². The number of hydrogen-bond donors (Lipinski definition) is 1. The maximum Gasteiger partial charge on any atom is 0.254 e. The molecule has 1 saturated heterocycles. The fourth-order valence-electron chi connectivity index (χ4n) is 3.65. The topological polar surface area (TPSA) is 49.4 Å². The average Bonchev–Trinajstić information content (AvgIpc) is 3.14. The van der Waals surface area contributed by atoms with Crippen molar-refractivity contribution in [2.45, 2.75) is 45.1 Å². The number of nitrogens with one attached hydrogen (secondary N) is 1. The SMILES string of the molecule is Cc1ccc(C(=O)NCC2CC(=O)N(C3CCCC3)C2)c(F)c1. The number of carbonyl (C=O) groups excluding carboxylic acids is 2. The van der Waals surface area contributed by atoms with Gasteiger partial charge in [0.2, 0.25) is 5.91 Å². The third-order valence-electron chi connectivity index (χ3n) is 4.92. The van der Waals surface area contributed by atoms with Crippen molar-refractivity contribution in [1.82, 2.24) is 10.2 Å². The van der Waals surface area contributed by atoms with E-state index < -0.39 is 11.7 Å². The van der Waals surface area contributed by atoms with E-state index in [-0.39, 0.29) is 17.4 Å². The summed E-state index contributed by atoms with van der Waals surface area (Å²) in [4.78, 5) is 26.2. The number of aryl methyl sites for hydroxylation is 1. The maximum absolute atomic E-state index is 13.8. The number of halogens is 1. The Kier molecular flexibility index (Phi) is 4.64. The van der Waals surface area contributed by atoms with Crippen LogP contribution in [0.4, 0.5) is 4.39 Å². The first-order valence-corrected chi connectivity index (χ1v) is 8.38. The highest BCUT2D eigenvalue weighted by Gasteiger charge is 2.35. The van der Waals surface area contributed by atoms with Gasteiger partial charge in [-0.1, -0.05) is 18.9 Å². The highest BCUT2D eigenvalue weighted by Crippen LogP contribution is 2.29. The highest BCUT2D eigenvalue weighted by molar-refractivity contribution is 5.94. The molecular weight excluding hydrogens is 295 g/mol. The number of hydrogen-bond acceptors (Lipinski definition) is 2. The van der Waals surface area contributed by atoms with Crippen LogP contribution in [0.2, 0.25) is 0 Å². The number of amides is 2. The first kappa shape index (κ1) is 16.0. The summed E-state index contributed by atoms with van der Waals surface area (Å²) in [6.07, 6.45) is 5.07. The van der Waals surface area contributed by atoms with Gasteiger partial charge < -0.3 is 10.2 Å². The summed E-state index contributed by atoms with van der Waals surface area (Å²) in [5.41, 5.74) is 0.847. The maximum atomic E-state index is 13.8. The summed E-state index contributed by atoms with van der Waals surface area (Å²) < 4.78 is 13.8. The molecule has 1 aromatic carbocycles. The molecule has 1 unspecified atom stereocenters. The van der Waals surface area contributed by atoms with Crippen molar-refractivity contribution in [3.63, 3.8) is 0 Å². The Hall–Kier alpha value is -1.91. The Bertz CT molecular complexity index is 611. The van der Waals surface area contributed by atoms with Gasteiger partial charge in [0.15, 0.2) is 0 Å². The third-order valence-corrected chi connectivity index (χ3v) is 4.92. The summed E-state index contributed by atoms with van der Waals surface area (Å²) in [6.45, 7) is 2.91. The Morgan fingerprint density at radius 1 is 1.35 bits per heavy atom. The van der Waals surface area contributed by atoms with E-state index in [2.05, 4.69) is 5.32 Å².